The zero-order valence-electron chi connectivity index (χ0n) is 12.1. The molecule has 0 aliphatic heterocycles. The average molecular weight is 281 g/mol. The van der Waals surface area contributed by atoms with E-state index >= 15 is 0 Å². The van der Waals surface area contributed by atoms with Gasteiger partial charge in [-0.25, -0.2) is 9.97 Å². The maximum atomic E-state index is 7.27. The molecule has 0 amide bonds. The molecule has 0 fully saturated rings. The van der Waals surface area contributed by atoms with Crippen LogP contribution < -0.4 is 11.1 Å². The molecule has 4 N–H and O–H groups in total. The molecule has 0 saturated heterocycles. The molecule has 0 radical (unpaired) electrons. The Bertz CT molecular complexity index is 666. The van der Waals surface area contributed by atoms with Gasteiger partial charge in [0.2, 0.25) is 5.95 Å². The van der Waals surface area contributed by atoms with E-state index in [0.717, 1.165) is 30.7 Å². The number of rotatable bonds is 2. The van der Waals surface area contributed by atoms with Gasteiger partial charge in [-0.2, -0.15) is 0 Å². The second-order valence-corrected chi connectivity index (χ2v) is 5.45. The van der Waals surface area contributed by atoms with Crippen LogP contribution in [0.1, 0.15) is 34.9 Å². The van der Waals surface area contributed by atoms with E-state index in [0.29, 0.717) is 11.9 Å². The Morgan fingerprint density at radius 1 is 1.29 bits per heavy atom. The van der Waals surface area contributed by atoms with Gasteiger partial charge in [-0.1, -0.05) is 30.3 Å². The van der Waals surface area contributed by atoms with Crippen LogP contribution in [-0.2, 0) is 12.8 Å². The van der Waals surface area contributed by atoms with E-state index in [4.69, 9.17) is 11.1 Å². The number of aryl methyl sites for hydroxylation is 2. The van der Waals surface area contributed by atoms with Crippen LogP contribution in [0.4, 0.5) is 5.95 Å². The van der Waals surface area contributed by atoms with Gasteiger partial charge in [0.1, 0.15) is 0 Å². The van der Waals surface area contributed by atoms with E-state index in [1.165, 1.54) is 11.1 Å². The number of benzene rings is 1. The summed E-state index contributed by atoms with van der Waals surface area (Å²) in [5.41, 5.74) is 10.0. The molecule has 1 aromatic heterocycles. The molecule has 1 aromatic carbocycles. The maximum absolute atomic E-state index is 7.27. The third-order valence-electron chi connectivity index (χ3n) is 4.00. The van der Waals surface area contributed by atoms with Gasteiger partial charge in [0, 0.05) is 11.4 Å². The van der Waals surface area contributed by atoms with Gasteiger partial charge in [0.05, 0.1) is 0 Å². The molecule has 0 spiro atoms. The van der Waals surface area contributed by atoms with Gasteiger partial charge in [-0.05, 0) is 43.2 Å². The molecule has 1 aliphatic rings. The van der Waals surface area contributed by atoms with Crippen LogP contribution in [0.25, 0.3) is 0 Å². The van der Waals surface area contributed by atoms with Gasteiger partial charge in [-0.15, -0.1) is 0 Å². The second kappa shape index (κ2) is 5.52. The van der Waals surface area contributed by atoms with Gasteiger partial charge in [-0.3, -0.25) is 10.7 Å². The van der Waals surface area contributed by atoms with Crippen molar-refractivity contribution in [1.82, 2.24) is 9.97 Å². The lowest BCUT2D eigenvalue weighted by atomic mass is 9.82. The third-order valence-corrected chi connectivity index (χ3v) is 4.00. The molecule has 5 nitrogen and oxygen atoms in total. The van der Waals surface area contributed by atoms with E-state index in [9.17, 15) is 0 Å². The Morgan fingerprint density at radius 2 is 2.05 bits per heavy atom. The standard InChI is InChI=1S/C16H19N5/c1-10-13-9-12(11-5-3-2-4-6-11)7-8-14(13)20-16(19-10)21-15(17)18/h2-6,12H,7-9H2,1H3,(H4,17,18,19,20,21). The fraction of sp³-hybridized carbons (Fsp3) is 0.312. The highest BCUT2D eigenvalue weighted by atomic mass is 15.2. The Hall–Kier alpha value is -2.43. The Labute approximate surface area is 124 Å². The van der Waals surface area contributed by atoms with Crippen LogP contribution in [0.3, 0.4) is 0 Å². The molecule has 1 atom stereocenters. The third kappa shape index (κ3) is 2.86. The topological polar surface area (TPSA) is 87.7 Å². The number of hydrogen-bond acceptors (Lipinski definition) is 3. The largest absolute Gasteiger partial charge is 0.370 e. The molecule has 0 saturated carbocycles. The smallest absolute Gasteiger partial charge is 0.229 e. The summed E-state index contributed by atoms with van der Waals surface area (Å²) >= 11 is 0. The zero-order valence-corrected chi connectivity index (χ0v) is 12.1. The van der Waals surface area contributed by atoms with Crippen molar-refractivity contribution in [3.8, 4) is 0 Å². The summed E-state index contributed by atoms with van der Waals surface area (Å²) in [6.07, 6.45) is 3.00. The second-order valence-electron chi connectivity index (χ2n) is 5.45. The zero-order chi connectivity index (χ0) is 14.8. The molecule has 0 bridgehead atoms. The van der Waals surface area contributed by atoms with E-state index in [-0.39, 0.29) is 5.96 Å². The average Bonchev–Trinajstić information content (AvgIpc) is 2.47. The summed E-state index contributed by atoms with van der Waals surface area (Å²) in [5.74, 6) is 0.830. The van der Waals surface area contributed by atoms with E-state index < -0.39 is 0 Å². The van der Waals surface area contributed by atoms with Gasteiger partial charge in [0.15, 0.2) is 5.96 Å². The lowest BCUT2D eigenvalue weighted by Gasteiger charge is -2.25. The fourth-order valence-electron chi connectivity index (χ4n) is 2.97. The van der Waals surface area contributed by atoms with E-state index in [2.05, 4.69) is 39.6 Å². The van der Waals surface area contributed by atoms with Crippen LogP contribution in [-0.4, -0.2) is 15.9 Å². The fourth-order valence-corrected chi connectivity index (χ4v) is 2.97. The van der Waals surface area contributed by atoms with Crippen LogP contribution >= 0.6 is 0 Å². The summed E-state index contributed by atoms with van der Waals surface area (Å²) < 4.78 is 0. The summed E-state index contributed by atoms with van der Waals surface area (Å²) in [5, 5.41) is 9.95. The predicted octanol–water partition coefficient (Wildman–Crippen LogP) is 2.36. The molecule has 1 heterocycles. The van der Waals surface area contributed by atoms with Crippen molar-refractivity contribution in [3.63, 3.8) is 0 Å². The minimum Gasteiger partial charge on any atom is -0.370 e. The minimum absolute atomic E-state index is 0.132. The predicted molar refractivity (Wildman–Crippen MR) is 83.5 cm³/mol. The first-order valence-electron chi connectivity index (χ1n) is 7.16. The van der Waals surface area contributed by atoms with E-state index in [1.807, 2.05) is 13.0 Å². The van der Waals surface area contributed by atoms with Crippen molar-refractivity contribution in [1.29, 1.82) is 5.41 Å². The monoisotopic (exact) mass is 281 g/mol. The Balaban J connectivity index is 1.88. The van der Waals surface area contributed by atoms with Crippen molar-refractivity contribution < 1.29 is 0 Å². The molecule has 2 aromatic rings. The molecule has 108 valence electrons. The summed E-state index contributed by atoms with van der Waals surface area (Å²) in [6.45, 7) is 2.00. The molecule has 1 aliphatic carbocycles. The van der Waals surface area contributed by atoms with E-state index in [1.54, 1.807) is 0 Å². The lowest BCUT2D eigenvalue weighted by Crippen LogP contribution is -2.24. The van der Waals surface area contributed by atoms with Crippen molar-refractivity contribution in [2.75, 3.05) is 5.32 Å². The van der Waals surface area contributed by atoms with Crippen molar-refractivity contribution in [3.05, 3.63) is 52.8 Å². The van der Waals surface area contributed by atoms with Crippen LogP contribution in [0.2, 0.25) is 0 Å². The lowest BCUT2D eigenvalue weighted by molar-refractivity contribution is 0.568. The molecule has 1 unspecified atom stereocenters. The molecular weight excluding hydrogens is 262 g/mol. The highest BCUT2D eigenvalue weighted by Crippen LogP contribution is 2.33. The number of nitrogens with zero attached hydrogens (tertiary/aromatic N) is 2. The Kier molecular flexibility index (Phi) is 3.56. The number of hydrogen-bond donors (Lipinski definition) is 3. The summed E-state index contributed by atoms with van der Waals surface area (Å²) in [7, 11) is 0. The van der Waals surface area contributed by atoms with Crippen molar-refractivity contribution in [2.45, 2.75) is 32.1 Å². The molecule has 3 rings (SSSR count). The van der Waals surface area contributed by atoms with Crippen LogP contribution in [0.5, 0.6) is 0 Å². The first-order valence-corrected chi connectivity index (χ1v) is 7.16. The number of anilines is 1. The van der Waals surface area contributed by atoms with Crippen molar-refractivity contribution in [2.24, 2.45) is 5.73 Å². The Morgan fingerprint density at radius 3 is 2.76 bits per heavy atom. The minimum atomic E-state index is -0.132. The van der Waals surface area contributed by atoms with Crippen molar-refractivity contribution >= 4 is 11.9 Å². The van der Waals surface area contributed by atoms with Crippen LogP contribution in [0, 0.1) is 12.3 Å². The summed E-state index contributed by atoms with van der Waals surface area (Å²) in [6, 6.07) is 10.6. The normalized spacial score (nSPS) is 17.1. The number of nitrogens with one attached hydrogen (secondary N) is 2. The highest BCUT2D eigenvalue weighted by Gasteiger charge is 2.23. The molecule has 21 heavy (non-hydrogen) atoms. The number of nitrogens with two attached hydrogens (primary N) is 1. The van der Waals surface area contributed by atoms with Gasteiger partial charge >= 0.3 is 0 Å². The van der Waals surface area contributed by atoms with Crippen LogP contribution in [0.15, 0.2) is 30.3 Å². The highest BCUT2D eigenvalue weighted by molar-refractivity contribution is 5.87. The van der Waals surface area contributed by atoms with Gasteiger partial charge < -0.3 is 5.73 Å². The number of aromatic nitrogens is 2. The molecule has 5 heteroatoms. The number of fused-ring (bicyclic) bond motifs is 1. The molecular formula is C16H19N5. The SMILES string of the molecule is Cc1nc(NC(=N)N)nc2c1CC(c1ccccc1)CC2. The maximum Gasteiger partial charge on any atom is 0.229 e. The first kappa shape index (κ1) is 13.5. The number of guanidine groups is 1. The van der Waals surface area contributed by atoms with Gasteiger partial charge in [0.25, 0.3) is 0 Å². The quantitative estimate of drug-likeness (QED) is 0.582. The summed E-state index contributed by atoms with van der Waals surface area (Å²) in [4.78, 5) is 8.91. The first-order chi connectivity index (χ1) is 10.1.